The zero-order valence-electron chi connectivity index (χ0n) is 17.8. The predicted molar refractivity (Wildman–Crippen MR) is 121 cm³/mol. The molecule has 162 valence electrons. The van der Waals surface area contributed by atoms with Crippen LogP contribution >= 0.6 is 0 Å². The van der Waals surface area contributed by atoms with E-state index in [-0.39, 0.29) is 5.91 Å². The largest absolute Gasteiger partial charge is 0.321 e. The number of amides is 1. The molecule has 1 atom stereocenters. The summed E-state index contributed by atoms with van der Waals surface area (Å²) >= 11 is 0. The Labute approximate surface area is 185 Å². The third-order valence-corrected chi connectivity index (χ3v) is 5.68. The summed E-state index contributed by atoms with van der Waals surface area (Å²) in [6, 6.07) is 14.7. The Morgan fingerprint density at radius 2 is 2.09 bits per heavy atom. The number of hydrogen-bond donors (Lipinski definition) is 2. The highest BCUT2D eigenvalue weighted by Crippen LogP contribution is 2.25. The number of piperidine rings is 1. The van der Waals surface area contributed by atoms with Crippen LogP contribution in [0.15, 0.2) is 60.9 Å². The molecule has 1 unspecified atom stereocenters. The maximum Gasteiger partial charge on any atom is 0.274 e. The monoisotopic (exact) mass is 428 g/mol. The topological polar surface area (TPSA) is 105 Å². The van der Waals surface area contributed by atoms with Crippen molar-refractivity contribution >= 4 is 11.6 Å². The minimum Gasteiger partial charge on any atom is -0.321 e. The van der Waals surface area contributed by atoms with Crippen molar-refractivity contribution in [3.05, 3.63) is 72.3 Å². The second-order valence-corrected chi connectivity index (χ2v) is 8.07. The summed E-state index contributed by atoms with van der Waals surface area (Å²) < 4.78 is 1.76. The summed E-state index contributed by atoms with van der Waals surface area (Å²) in [5.74, 6) is 0.117. The third-order valence-electron chi connectivity index (χ3n) is 5.68. The predicted octanol–water partition coefficient (Wildman–Crippen LogP) is 3.11. The number of hydrogen-bond acceptors (Lipinski definition) is 6. The van der Waals surface area contributed by atoms with Crippen LogP contribution in [0, 0.1) is 0 Å². The summed E-state index contributed by atoms with van der Waals surface area (Å²) in [6.07, 6.45) is 5.94. The first-order chi connectivity index (χ1) is 15.7. The molecule has 2 N–H and O–H groups in total. The molecular weight excluding hydrogens is 404 g/mol. The number of anilines is 1. The summed E-state index contributed by atoms with van der Waals surface area (Å²) in [5, 5.41) is 18.4. The molecule has 1 aromatic carbocycles. The highest BCUT2D eigenvalue weighted by atomic mass is 16.1. The molecule has 32 heavy (non-hydrogen) atoms. The average Bonchev–Trinajstić information content (AvgIpc) is 3.52. The Hall–Kier alpha value is -3.85. The number of benzene rings is 1. The molecule has 4 heterocycles. The highest BCUT2D eigenvalue weighted by Gasteiger charge is 2.21. The Kier molecular flexibility index (Phi) is 5.47. The Morgan fingerprint density at radius 1 is 1.19 bits per heavy atom. The smallest absolute Gasteiger partial charge is 0.274 e. The zero-order chi connectivity index (χ0) is 21.9. The van der Waals surface area contributed by atoms with Crippen LogP contribution in [0.5, 0.6) is 0 Å². The first kappa shape index (κ1) is 20.1. The van der Waals surface area contributed by atoms with E-state index in [2.05, 4.69) is 42.8 Å². The van der Waals surface area contributed by atoms with Crippen LogP contribution in [0.2, 0.25) is 0 Å². The molecule has 0 spiro atoms. The standard InChI is InChI=1S/C23H24N8O/c1-30-12-4-5-16(14-30)22-15-31(29-28-22)18-7-2-6-17(13-18)25-23(32)21-9-3-8-19(26-21)20-10-11-24-27-20/h2-3,6-11,13,15-16H,4-5,12,14H2,1H3,(H,24,27)(H,25,32). The number of carbonyl (C=O) groups is 1. The van der Waals surface area contributed by atoms with Crippen LogP contribution in [-0.4, -0.2) is 61.1 Å². The second kappa shape index (κ2) is 8.72. The van der Waals surface area contributed by atoms with Gasteiger partial charge in [0.15, 0.2) is 0 Å². The molecule has 0 radical (unpaired) electrons. The normalized spacial score (nSPS) is 16.7. The van der Waals surface area contributed by atoms with Gasteiger partial charge in [-0.05, 0) is 62.8 Å². The highest BCUT2D eigenvalue weighted by molar-refractivity contribution is 6.03. The molecule has 5 rings (SSSR count). The minimum atomic E-state index is -0.284. The average molecular weight is 429 g/mol. The number of nitrogens with zero attached hydrogens (tertiary/aromatic N) is 6. The van der Waals surface area contributed by atoms with E-state index in [1.165, 1.54) is 6.42 Å². The van der Waals surface area contributed by atoms with Crippen LogP contribution in [0.1, 0.15) is 34.9 Å². The molecule has 1 fully saturated rings. The van der Waals surface area contributed by atoms with Gasteiger partial charge in [0, 0.05) is 24.3 Å². The quantitative estimate of drug-likeness (QED) is 0.506. The van der Waals surface area contributed by atoms with Gasteiger partial charge >= 0.3 is 0 Å². The number of likely N-dealkylation sites (N-methyl/N-ethyl adjacent to an activating group) is 1. The fourth-order valence-corrected chi connectivity index (χ4v) is 4.03. The van der Waals surface area contributed by atoms with Crippen LogP contribution in [0.3, 0.4) is 0 Å². The van der Waals surface area contributed by atoms with Crippen molar-refractivity contribution in [2.75, 3.05) is 25.5 Å². The molecule has 1 saturated heterocycles. The molecule has 0 saturated carbocycles. The first-order valence-corrected chi connectivity index (χ1v) is 10.6. The fourth-order valence-electron chi connectivity index (χ4n) is 4.03. The van der Waals surface area contributed by atoms with Crippen LogP contribution in [0.25, 0.3) is 17.1 Å². The summed E-state index contributed by atoms with van der Waals surface area (Å²) in [7, 11) is 2.14. The van der Waals surface area contributed by atoms with Gasteiger partial charge in [-0.2, -0.15) is 5.10 Å². The molecule has 4 aromatic rings. The Balaban J connectivity index is 1.32. The zero-order valence-corrected chi connectivity index (χ0v) is 17.8. The molecule has 1 aliphatic rings. The van der Waals surface area contributed by atoms with Crippen molar-refractivity contribution in [3.63, 3.8) is 0 Å². The van der Waals surface area contributed by atoms with Crippen molar-refractivity contribution in [1.82, 2.24) is 35.1 Å². The van der Waals surface area contributed by atoms with Gasteiger partial charge in [0.1, 0.15) is 5.69 Å². The van der Waals surface area contributed by atoms with Crippen molar-refractivity contribution < 1.29 is 4.79 Å². The minimum absolute atomic E-state index is 0.284. The number of pyridine rings is 1. The van der Waals surface area contributed by atoms with Gasteiger partial charge in [0.05, 0.1) is 29.0 Å². The van der Waals surface area contributed by atoms with Crippen LogP contribution < -0.4 is 5.32 Å². The maximum atomic E-state index is 12.8. The van der Waals surface area contributed by atoms with E-state index in [9.17, 15) is 4.79 Å². The molecule has 0 aliphatic carbocycles. The summed E-state index contributed by atoms with van der Waals surface area (Å²) in [5.41, 5.74) is 4.25. The molecule has 0 bridgehead atoms. The van der Waals surface area contributed by atoms with Gasteiger partial charge in [0.2, 0.25) is 0 Å². The Bertz CT molecular complexity index is 1220. The van der Waals surface area contributed by atoms with E-state index >= 15 is 0 Å². The fraction of sp³-hybridized carbons (Fsp3) is 0.261. The van der Waals surface area contributed by atoms with E-state index in [4.69, 9.17) is 0 Å². The van der Waals surface area contributed by atoms with Crippen LogP contribution in [0.4, 0.5) is 5.69 Å². The number of aromatic amines is 1. The van der Waals surface area contributed by atoms with Gasteiger partial charge in [-0.15, -0.1) is 5.10 Å². The van der Waals surface area contributed by atoms with Crippen molar-refractivity contribution in [1.29, 1.82) is 0 Å². The number of rotatable bonds is 5. The molecule has 9 nitrogen and oxygen atoms in total. The number of carbonyl (C=O) groups excluding carboxylic acids is 1. The lowest BCUT2D eigenvalue weighted by Crippen LogP contribution is -2.30. The molecule has 1 amide bonds. The van der Waals surface area contributed by atoms with Gasteiger partial charge < -0.3 is 10.2 Å². The third kappa shape index (κ3) is 4.28. The van der Waals surface area contributed by atoms with Crippen molar-refractivity contribution in [2.45, 2.75) is 18.8 Å². The van der Waals surface area contributed by atoms with Crippen molar-refractivity contribution in [2.24, 2.45) is 0 Å². The number of H-pyrrole nitrogens is 1. The molecule has 9 heteroatoms. The van der Waals surface area contributed by atoms with Gasteiger partial charge in [-0.1, -0.05) is 17.3 Å². The van der Waals surface area contributed by atoms with E-state index < -0.39 is 0 Å². The Morgan fingerprint density at radius 3 is 2.94 bits per heavy atom. The maximum absolute atomic E-state index is 12.8. The van der Waals surface area contributed by atoms with E-state index in [1.807, 2.05) is 42.6 Å². The second-order valence-electron chi connectivity index (χ2n) is 8.07. The first-order valence-electron chi connectivity index (χ1n) is 10.6. The summed E-state index contributed by atoms with van der Waals surface area (Å²) in [6.45, 7) is 2.13. The lowest BCUT2D eigenvalue weighted by molar-refractivity contribution is 0.102. The van der Waals surface area contributed by atoms with Gasteiger partial charge in [0.25, 0.3) is 5.91 Å². The lowest BCUT2D eigenvalue weighted by atomic mass is 9.96. The number of nitrogens with one attached hydrogen (secondary N) is 2. The summed E-state index contributed by atoms with van der Waals surface area (Å²) in [4.78, 5) is 19.6. The molecule has 3 aromatic heterocycles. The van der Waals surface area contributed by atoms with E-state index in [0.717, 1.165) is 36.6 Å². The molecule has 1 aliphatic heterocycles. The van der Waals surface area contributed by atoms with E-state index in [0.29, 0.717) is 23.0 Å². The lowest BCUT2D eigenvalue weighted by Gasteiger charge is -2.28. The van der Waals surface area contributed by atoms with Gasteiger partial charge in [-0.25, -0.2) is 9.67 Å². The van der Waals surface area contributed by atoms with E-state index in [1.54, 1.807) is 23.0 Å². The van der Waals surface area contributed by atoms with Crippen molar-refractivity contribution in [3.8, 4) is 17.1 Å². The van der Waals surface area contributed by atoms with Gasteiger partial charge in [-0.3, -0.25) is 9.89 Å². The van der Waals surface area contributed by atoms with Crippen LogP contribution in [-0.2, 0) is 0 Å². The SMILES string of the molecule is CN1CCCC(c2cn(-c3cccc(NC(=O)c4cccc(-c5ccn[nH]5)n4)c3)nn2)C1. The number of aromatic nitrogens is 6. The molecular formula is C23H24N8O. The number of likely N-dealkylation sites (tertiary alicyclic amines) is 1.